The second-order valence-corrected chi connectivity index (χ2v) is 4.34. The minimum atomic E-state index is 0.0902. The van der Waals surface area contributed by atoms with E-state index in [1.54, 1.807) is 7.11 Å². The quantitative estimate of drug-likeness (QED) is 0.297. The molecule has 0 aromatic carbocycles. The first kappa shape index (κ1) is 17.3. The molecule has 0 saturated carbocycles. The highest BCUT2D eigenvalue weighted by Gasteiger charge is 2.08. The highest BCUT2D eigenvalue weighted by atomic mass is 16.5. The van der Waals surface area contributed by atoms with Crippen molar-refractivity contribution in [2.45, 2.75) is 6.92 Å². The molecule has 0 aliphatic rings. The Balaban J connectivity index is 3.30. The molecular formula is C12H27N3O3. The Morgan fingerprint density at radius 1 is 1.17 bits per heavy atom. The number of hydrogen-bond acceptors (Lipinski definition) is 5. The van der Waals surface area contributed by atoms with Gasteiger partial charge >= 0.3 is 0 Å². The summed E-state index contributed by atoms with van der Waals surface area (Å²) in [5, 5.41) is 7.31. The third kappa shape index (κ3) is 10.5. The number of amidine groups is 1. The SMILES string of the molecule is COCCOCCOCCN(C)CC(C)C(=N)N. The lowest BCUT2D eigenvalue weighted by atomic mass is 10.1. The Hall–Kier alpha value is -0.690. The van der Waals surface area contributed by atoms with Crippen molar-refractivity contribution < 1.29 is 14.2 Å². The third-order valence-electron chi connectivity index (χ3n) is 2.54. The third-order valence-corrected chi connectivity index (χ3v) is 2.54. The lowest BCUT2D eigenvalue weighted by Crippen LogP contribution is -2.34. The number of methoxy groups -OCH3 is 1. The van der Waals surface area contributed by atoms with E-state index in [0.717, 1.165) is 13.1 Å². The van der Waals surface area contributed by atoms with Gasteiger partial charge in [-0.25, -0.2) is 0 Å². The number of ether oxygens (including phenoxy) is 3. The van der Waals surface area contributed by atoms with Crippen LogP contribution in [0.1, 0.15) is 6.92 Å². The second-order valence-electron chi connectivity index (χ2n) is 4.34. The first-order valence-electron chi connectivity index (χ1n) is 6.24. The van der Waals surface area contributed by atoms with Crippen LogP contribution in [-0.2, 0) is 14.2 Å². The predicted octanol–water partition coefficient (Wildman–Crippen LogP) is 0.170. The molecule has 0 radical (unpaired) electrons. The van der Waals surface area contributed by atoms with Crippen LogP contribution >= 0.6 is 0 Å². The normalized spacial score (nSPS) is 12.9. The van der Waals surface area contributed by atoms with Gasteiger partial charge in [0.15, 0.2) is 0 Å². The number of nitrogens with zero attached hydrogens (tertiary/aromatic N) is 1. The maximum atomic E-state index is 7.31. The van der Waals surface area contributed by atoms with E-state index < -0.39 is 0 Å². The van der Waals surface area contributed by atoms with E-state index in [1.165, 1.54) is 0 Å². The number of hydrogen-bond donors (Lipinski definition) is 2. The maximum absolute atomic E-state index is 7.31. The summed E-state index contributed by atoms with van der Waals surface area (Å²) in [7, 11) is 3.65. The van der Waals surface area contributed by atoms with Crippen molar-refractivity contribution >= 4 is 5.84 Å². The molecule has 0 aliphatic heterocycles. The van der Waals surface area contributed by atoms with E-state index in [1.807, 2.05) is 14.0 Å². The molecule has 0 aliphatic carbocycles. The number of rotatable bonds is 12. The summed E-state index contributed by atoms with van der Waals surface area (Å²) in [6.07, 6.45) is 0. The number of nitrogens with one attached hydrogen (secondary N) is 1. The van der Waals surface area contributed by atoms with Crippen LogP contribution in [0.3, 0.4) is 0 Å². The van der Waals surface area contributed by atoms with Gasteiger partial charge in [-0.1, -0.05) is 6.92 Å². The molecule has 1 unspecified atom stereocenters. The van der Waals surface area contributed by atoms with E-state index in [9.17, 15) is 0 Å². The van der Waals surface area contributed by atoms with Crippen LogP contribution in [-0.4, -0.2) is 71.0 Å². The van der Waals surface area contributed by atoms with Crippen molar-refractivity contribution in [1.82, 2.24) is 4.90 Å². The lowest BCUT2D eigenvalue weighted by molar-refractivity contribution is 0.0206. The van der Waals surface area contributed by atoms with Gasteiger partial charge in [0.1, 0.15) is 0 Å². The largest absolute Gasteiger partial charge is 0.387 e. The van der Waals surface area contributed by atoms with Gasteiger partial charge < -0.3 is 24.8 Å². The van der Waals surface area contributed by atoms with Crippen LogP contribution < -0.4 is 5.73 Å². The van der Waals surface area contributed by atoms with Gasteiger partial charge in [0.05, 0.1) is 38.9 Å². The smallest absolute Gasteiger partial charge is 0.0947 e. The van der Waals surface area contributed by atoms with Crippen LogP contribution in [0.5, 0.6) is 0 Å². The summed E-state index contributed by atoms with van der Waals surface area (Å²) in [6.45, 7) is 6.63. The zero-order chi connectivity index (χ0) is 13.8. The van der Waals surface area contributed by atoms with Crippen LogP contribution in [0.25, 0.3) is 0 Å². The number of nitrogens with two attached hydrogens (primary N) is 1. The van der Waals surface area contributed by atoms with Gasteiger partial charge in [-0.3, -0.25) is 5.41 Å². The zero-order valence-electron chi connectivity index (χ0n) is 11.8. The summed E-state index contributed by atoms with van der Waals surface area (Å²) in [5.74, 6) is 0.321. The van der Waals surface area contributed by atoms with Crippen molar-refractivity contribution in [3.05, 3.63) is 0 Å². The fourth-order valence-corrected chi connectivity index (χ4v) is 1.34. The fraction of sp³-hybridized carbons (Fsp3) is 0.917. The molecule has 0 aromatic heterocycles. The van der Waals surface area contributed by atoms with Crippen molar-refractivity contribution in [1.29, 1.82) is 5.41 Å². The van der Waals surface area contributed by atoms with E-state index in [-0.39, 0.29) is 11.8 Å². The Morgan fingerprint density at radius 3 is 2.28 bits per heavy atom. The van der Waals surface area contributed by atoms with E-state index >= 15 is 0 Å². The molecule has 0 fully saturated rings. The minimum Gasteiger partial charge on any atom is -0.387 e. The molecule has 3 N–H and O–H groups in total. The van der Waals surface area contributed by atoms with Crippen LogP contribution in [0.2, 0.25) is 0 Å². The van der Waals surface area contributed by atoms with Gasteiger partial charge in [-0.15, -0.1) is 0 Å². The Morgan fingerprint density at radius 2 is 1.72 bits per heavy atom. The molecule has 0 amide bonds. The second kappa shape index (κ2) is 11.4. The van der Waals surface area contributed by atoms with Gasteiger partial charge in [0, 0.05) is 26.1 Å². The summed E-state index contributed by atoms with van der Waals surface area (Å²) in [4.78, 5) is 2.11. The summed E-state index contributed by atoms with van der Waals surface area (Å²) < 4.78 is 15.6. The fourth-order valence-electron chi connectivity index (χ4n) is 1.34. The van der Waals surface area contributed by atoms with Gasteiger partial charge in [-0.2, -0.15) is 0 Å². The monoisotopic (exact) mass is 261 g/mol. The van der Waals surface area contributed by atoms with E-state index in [2.05, 4.69) is 4.90 Å². The zero-order valence-corrected chi connectivity index (χ0v) is 11.8. The van der Waals surface area contributed by atoms with E-state index in [0.29, 0.717) is 33.0 Å². The molecule has 0 saturated heterocycles. The van der Waals surface area contributed by atoms with Crippen molar-refractivity contribution in [3.63, 3.8) is 0 Å². The first-order valence-corrected chi connectivity index (χ1v) is 6.24. The average molecular weight is 261 g/mol. The predicted molar refractivity (Wildman–Crippen MR) is 72.1 cm³/mol. The molecule has 1 atom stereocenters. The summed E-state index contributed by atoms with van der Waals surface area (Å²) in [5.41, 5.74) is 5.42. The van der Waals surface area contributed by atoms with Crippen LogP contribution in [0.15, 0.2) is 0 Å². The molecule has 6 nitrogen and oxygen atoms in total. The van der Waals surface area contributed by atoms with E-state index in [4.69, 9.17) is 25.4 Å². The van der Waals surface area contributed by atoms with Gasteiger partial charge in [0.25, 0.3) is 0 Å². The summed E-state index contributed by atoms with van der Waals surface area (Å²) >= 11 is 0. The molecule has 0 bridgehead atoms. The standard InChI is InChI=1S/C12H27N3O3/c1-11(12(13)14)10-15(2)4-5-17-8-9-18-7-6-16-3/h11H,4-10H2,1-3H3,(H3,13,14). The Kier molecular flexibility index (Phi) is 11.0. The summed E-state index contributed by atoms with van der Waals surface area (Å²) in [6, 6.07) is 0. The molecule has 108 valence electrons. The van der Waals surface area contributed by atoms with Gasteiger partial charge in [-0.05, 0) is 7.05 Å². The Labute approximate surface area is 110 Å². The number of likely N-dealkylation sites (N-methyl/N-ethyl adjacent to an activating group) is 1. The van der Waals surface area contributed by atoms with Crippen molar-refractivity contribution in [3.8, 4) is 0 Å². The molecule has 0 heterocycles. The highest BCUT2D eigenvalue weighted by molar-refractivity contribution is 5.79. The topological polar surface area (TPSA) is 80.8 Å². The Bertz CT molecular complexity index is 215. The highest BCUT2D eigenvalue weighted by Crippen LogP contribution is 1.96. The minimum absolute atomic E-state index is 0.0902. The molecule has 6 heteroatoms. The molecule has 18 heavy (non-hydrogen) atoms. The molecule has 0 rings (SSSR count). The van der Waals surface area contributed by atoms with Crippen LogP contribution in [0.4, 0.5) is 0 Å². The maximum Gasteiger partial charge on any atom is 0.0947 e. The van der Waals surface area contributed by atoms with Crippen LogP contribution in [0, 0.1) is 11.3 Å². The average Bonchev–Trinajstić information content (AvgIpc) is 2.32. The molecular weight excluding hydrogens is 234 g/mol. The molecule has 0 aromatic rings. The van der Waals surface area contributed by atoms with Crippen molar-refractivity contribution in [2.24, 2.45) is 11.7 Å². The molecule has 0 spiro atoms. The first-order chi connectivity index (χ1) is 8.57. The lowest BCUT2D eigenvalue weighted by Gasteiger charge is -2.20. The van der Waals surface area contributed by atoms with Crippen molar-refractivity contribution in [2.75, 3.05) is 60.3 Å². The van der Waals surface area contributed by atoms with Gasteiger partial charge in [0.2, 0.25) is 0 Å².